The minimum absolute atomic E-state index is 0.130. The van der Waals surface area contributed by atoms with Gasteiger partial charge >= 0.3 is 0 Å². The average Bonchev–Trinajstić information content (AvgIpc) is 3.43. The van der Waals surface area contributed by atoms with Gasteiger partial charge in [-0.05, 0) is 44.0 Å². The van der Waals surface area contributed by atoms with Gasteiger partial charge in [0, 0.05) is 43.4 Å². The zero-order chi connectivity index (χ0) is 18.6. The summed E-state index contributed by atoms with van der Waals surface area (Å²) >= 11 is 1.57. The number of carbonyl (C=O) groups excluding carboxylic acids is 1. The number of hydrogen-bond acceptors (Lipinski definition) is 6. The second-order valence-corrected chi connectivity index (χ2v) is 7.81. The Balaban J connectivity index is 1.35. The number of rotatable bonds is 7. The third kappa shape index (κ3) is 4.25. The van der Waals surface area contributed by atoms with Gasteiger partial charge in [-0.25, -0.2) is 0 Å². The molecule has 0 aromatic carbocycles. The maximum atomic E-state index is 12.4. The molecule has 1 N–H and O–H groups in total. The predicted molar refractivity (Wildman–Crippen MR) is 104 cm³/mol. The van der Waals surface area contributed by atoms with Crippen molar-refractivity contribution >= 4 is 23.1 Å². The molecule has 0 unspecified atom stereocenters. The molecule has 1 atom stereocenters. The van der Waals surface area contributed by atoms with Crippen LogP contribution in [0.4, 0.5) is 5.82 Å². The molecule has 1 saturated heterocycles. The fourth-order valence-electron chi connectivity index (χ4n) is 3.52. The number of nitrogens with zero attached hydrogens (tertiary/aromatic N) is 6. The molecule has 1 amide bonds. The maximum absolute atomic E-state index is 12.4. The fraction of sp³-hybridized carbons (Fsp3) is 0.444. The Kier molecular flexibility index (Phi) is 5.30. The van der Waals surface area contributed by atoms with E-state index in [4.69, 9.17) is 0 Å². The zero-order valence-electron chi connectivity index (χ0n) is 15.3. The van der Waals surface area contributed by atoms with E-state index >= 15 is 0 Å². The first kappa shape index (κ1) is 17.9. The number of thiophene rings is 1. The molecule has 1 aliphatic heterocycles. The van der Waals surface area contributed by atoms with Crippen molar-refractivity contribution in [3.63, 3.8) is 0 Å². The SMILES string of the molecule is Cn1ncc(NC(=O)c2ccc([C@H]3CCCN3CCCn3cccn3)s2)n1. The number of hydrogen-bond donors (Lipinski definition) is 1. The van der Waals surface area contributed by atoms with Crippen molar-refractivity contribution in [3.8, 4) is 0 Å². The normalized spacial score (nSPS) is 17.4. The molecule has 4 rings (SSSR count). The van der Waals surface area contributed by atoms with E-state index in [-0.39, 0.29) is 5.91 Å². The first-order valence-electron chi connectivity index (χ1n) is 9.18. The minimum Gasteiger partial charge on any atom is -0.303 e. The standard InChI is InChI=1S/C18H23N7OS/c1-23-20-13-17(22-23)21-18(26)16-7-6-15(27-16)14-5-2-9-24(14)10-4-12-25-11-3-8-19-25/h3,6-8,11,13-14H,2,4-5,9-10,12H2,1H3,(H,21,22,26)/t14-/m1/s1. The van der Waals surface area contributed by atoms with Crippen molar-refractivity contribution in [2.75, 3.05) is 18.4 Å². The van der Waals surface area contributed by atoms with E-state index in [1.165, 1.54) is 16.1 Å². The van der Waals surface area contributed by atoms with Crippen molar-refractivity contribution < 1.29 is 4.79 Å². The van der Waals surface area contributed by atoms with Crippen molar-refractivity contribution in [1.29, 1.82) is 0 Å². The van der Waals surface area contributed by atoms with Crippen LogP contribution in [0.5, 0.6) is 0 Å². The van der Waals surface area contributed by atoms with Crippen LogP contribution >= 0.6 is 11.3 Å². The number of carbonyl (C=O) groups is 1. The van der Waals surface area contributed by atoms with Gasteiger partial charge in [-0.2, -0.15) is 15.0 Å². The Morgan fingerprint density at radius 2 is 2.26 bits per heavy atom. The molecule has 142 valence electrons. The van der Waals surface area contributed by atoms with Crippen LogP contribution in [0.15, 0.2) is 36.8 Å². The average molecular weight is 385 g/mol. The van der Waals surface area contributed by atoms with Gasteiger partial charge in [0.05, 0.1) is 11.1 Å². The molecule has 9 heteroatoms. The second kappa shape index (κ2) is 8.01. The van der Waals surface area contributed by atoms with Gasteiger partial charge in [-0.3, -0.25) is 14.4 Å². The largest absolute Gasteiger partial charge is 0.303 e. The van der Waals surface area contributed by atoms with Crippen molar-refractivity contribution in [2.24, 2.45) is 7.05 Å². The first-order valence-corrected chi connectivity index (χ1v) is 9.99. The molecule has 3 aromatic rings. The molecule has 1 aliphatic rings. The highest BCUT2D eigenvalue weighted by Gasteiger charge is 2.27. The molecule has 27 heavy (non-hydrogen) atoms. The van der Waals surface area contributed by atoms with Gasteiger partial charge in [0.2, 0.25) is 0 Å². The molecule has 0 aliphatic carbocycles. The fourth-order valence-corrected chi connectivity index (χ4v) is 4.59. The van der Waals surface area contributed by atoms with Gasteiger partial charge in [0.15, 0.2) is 5.82 Å². The van der Waals surface area contributed by atoms with Gasteiger partial charge in [0.25, 0.3) is 5.91 Å². The van der Waals surface area contributed by atoms with Crippen LogP contribution in [-0.4, -0.2) is 48.7 Å². The van der Waals surface area contributed by atoms with Crippen LogP contribution in [0, 0.1) is 0 Å². The molecule has 0 radical (unpaired) electrons. The zero-order valence-corrected chi connectivity index (χ0v) is 16.1. The third-order valence-corrected chi connectivity index (χ3v) is 5.96. The van der Waals surface area contributed by atoms with Crippen molar-refractivity contribution in [2.45, 2.75) is 31.8 Å². The van der Waals surface area contributed by atoms with Gasteiger partial charge < -0.3 is 5.32 Å². The molecule has 1 fully saturated rings. The van der Waals surface area contributed by atoms with Crippen LogP contribution in [0.3, 0.4) is 0 Å². The van der Waals surface area contributed by atoms with Crippen molar-refractivity contribution in [3.05, 3.63) is 46.5 Å². The maximum Gasteiger partial charge on any atom is 0.266 e. The molecular formula is C18H23N7OS. The Morgan fingerprint density at radius 3 is 3.04 bits per heavy atom. The third-order valence-electron chi connectivity index (χ3n) is 4.78. The summed E-state index contributed by atoms with van der Waals surface area (Å²) in [7, 11) is 1.72. The number of nitrogens with one attached hydrogen (secondary N) is 1. The Labute approximate surface area is 161 Å². The molecular weight excluding hydrogens is 362 g/mol. The summed E-state index contributed by atoms with van der Waals surface area (Å²) < 4.78 is 1.98. The second-order valence-electron chi connectivity index (χ2n) is 6.69. The Morgan fingerprint density at radius 1 is 1.33 bits per heavy atom. The number of amides is 1. The summed E-state index contributed by atoms with van der Waals surface area (Å²) in [6, 6.07) is 6.36. The molecule has 8 nitrogen and oxygen atoms in total. The number of aryl methyl sites for hydroxylation is 2. The predicted octanol–water partition coefficient (Wildman–Crippen LogP) is 2.55. The van der Waals surface area contributed by atoms with E-state index in [0.717, 1.165) is 32.5 Å². The topological polar surface area (TPSA) is 80.9 Å². The monoisotopic (exact) mass is 385 g/mol. The molecule has 0 spiro atoms. The minimum atomic E-state index is -0.130. The summed E-state index contributed by atoms with van der Waals surface area (Å²) in [5, 5.41) is 15.1. The lowest BCUT2D eigenvalue weighted by molar-refractivity contribution is 0.103. The molecule has 0 saturated carbocycles. The van der Waals surface area contributed by atoms with Gasteiger partial charge in [-0.15, -0.1) is 16.4 Å². The lowest BCUT2D eigenvalue weighted by Crippen LogP contribution is -2.24. The smallest absolute Gasteiger partial charge is 0.266 e. The summed E-state index contributed by atoms with van der Waals surface area (Å²) in [4.78, 5) is 18.4. The molecule has 0 bridgehead atoms. The first-order chi connectivity index (χ1) is 13.2. The molecule has 3 aromatic heterocycles. The van der Waals surface area contributed by atoms with Gasteiger partial charge in [-0.1, -0.05) is 0 Å². The Hall–Kier alpha value is -2.52. The van der Waals surface area contributed by atoms with E-state index in [1.54, 1.807) is 24.6 Å². The van der Waals surface area contributed by atoms with Crippen LogP contribution < -0.4 is 5.32 Å². The lowest BCUT2D eigenvalue weighted by atomic mass is 10.2. The summed E-state index contributed by atoms with van der Waals surface area (Å²) in [5.41, 5.74) is 0. The lowest BCUT2D eigenvalue weighted by Gasteiger charge is -2.23. The van der Waals surface area contributed by atoms with E-state index < -0.39 is 0 Å². The molecule has 4 heterocycles. The van der Waals surface area contributed by atoms with E-state index in [0.29, 0.717) is 16.7 Å². The summed E-state index contributed by atoms with van der Waals surface area (Å²) in [6.45, 7) is 3.10. The quantitative estimate of drug-likeness (QED) is 0.676. The van der Waals surface area contributed by atoms with E-state index in [2.05, 4.69) is 31.6 Å². The van der Waals surface area contributed by atoms with E-state index in [1.807, 2.05) is 29.2 Å². The highest BCUT2D eigenvalue weighted by Crippen LogP contribution is 2.36. The van der Waals surface area contributed by atoms with Gasteiger partial charge in [0.1, 0.15) is 0 Å². The number of likely N-dealkylation sites (tertiary alicyclic amines) is 1. The van der Waals surface area contributed by atoms with Crippen molar-refractivity contribution in [1.82, 2.24) is 29.7 Å². The Bertz CT molecular complexity index is 885. The summed E-state index contributed by atoms with van der Waals surface area (Å²) in [5.74, 6) is 0.341. The van der Waals surface area contributed by atoms with Crippen LogP contribution in [0.2, 0.25) is 0 Å². The number of aromatic nitrogens is 5. The van der Waals surface area contributed by atoms with Crippen LogP contribution in [0.25, 0.3) is 0 Å². The van der Waals surface area contributed by atoms with E-state index in [9.17, 15) is 4.79 Å². The van der Waals surface area contributed by atoms with Crippen LogP contribution in [-0.2, 0) is 13.6 Å². The highest BCUT2D eigenvalue weighted by atomic mass is 32.1. The summed E-state index contributed by atoms with van der Waals surface area (Å²) in [6.07, 6.45) is 8.79. The highest BCUT2D eigenvalue weighted by molar-refractivity contribution is 7.14. The van der Waals surface area contributed by atoms with Crippen LogP contribution in [0.1, 0.15) is 39.9 Å². The number of anilines is 1.